The van der Waals surface area contributed by atoms with Crippen molar-refractivity contribution in [1.82, 2.24) is 0 Å². The minimum absolute atomic E-state index is 0.162. The Kier molecular flexibility index (Phi) is 8.00. The molecule has 8 aromatic carbocycles. The molecular formula is C32H18O19S6. The maximum Gasteiger partial charge on any atom is 0.339 e. The van der Waals surface area contributed by atoms with E-state index in [0.717, 1.165) is 48.5 Å². The summed E-state index contributed by atoms with van der Waals surface area (Å²) in [7, 11) is -31.9. The molecule has 0 saturated heterocycles. The highest BCUT2D eigenvalue weighted by Crippen LogP contribution is 2.48. The van der Waals surface area contributed by atoms with Gasteiger partial charge in [-0.05, 0) is 24.3 Å². The lowest BCUT2D eigenvalue weighted by molar-refractivity contribution is 0.471. The van der Waals surface area contributed by atoms with E-state index < -0.39 is 145 Å². The fourth-order valence-electron chi connectivity index (χ4n) is 7.25. The number of phenols is 1. The summed E-state index contributed by atoms with van der Waals surface area (Å²) in [5.74, 6) is -1.70. The highest BCUT2D eigenvalue weighted by molar-refractivity contribution is 7.88. The van der Waals surface area contributed by atoms with Gasteiger partial charge in [0.15, 0.2) is 5.75 Å². The van der Waals surface area contributed by atoms with Gasteiger partial charge in [-0.1, -0.05) is 36.4 Å². The van der Waals surface area contributed by atoms with Gasteiger partial charge in [0, 0.05) is 76.8 Å². The first-order valence-corrected chi connectivity index (χ1v) is 23.8. The average Bonchev–Trinajstić information content (AvgIpc) is 3.07. The Morgan fingerprint density at radius 2 is 0.596 bits per heavy atom. The summed E-state index contributed by atoms with van der Waals surface area (Å²) >= 11 is 0. The van der Waals surface area contributed by atoms with Gasteiger partial charge < -0.3 is 9.29 Å². The summed E-state index contributed by atoms with van der Waals surface area (Å²) in [6.45, 7) is 0. The van der Waals surface area contributed by atoms with Crippen molar-refractivity contribution in [3.05, 3.63) is 72.8 Å². The smallest absolute Gasteiger partial charge is 0.339 e. The molecule has 296 valence electrons. The van der Waals surface area contributed by atoms with Crippen LogP contribution < -0.4 is 4.18 Å². The Labute approximate surface area is 319 Å². The number of phenolic OH excluding ortho intramolecular Hbond substituents is 1. The predicted octanol–water partition coefficient (Wildman–Crippen LogP) is 4.19. The Balaban J connectivity index is 1.50. The summed E-state index contributed by atoms with van der Waals surface area (Å²) in [4.78, 5) is -6.25. The Bertz CT molecular complexity index is 3810. The van der Waals surface area contributed by atoms with Gasteiger partial charge >= 0.3 is 10.1 Å². The standard InChI is InChI=1S/C32H18O19S6/c33-21-9-23(52(34,35)36)15-5-7-19-27(56(46,47)48)12-28(20-3-1-13(21)29(15)32(19)20)57(49,50)51-22-10-24(53(37,38)39)16-6-8-18-26(55(43,44)45)11-25(54(40,41)42)17-4-2-14(22)30(16)31(17)18/h1-12,33H,(H,34,35,36)(H,37,38,39)(H,40,41,42)(H,43,44,45)(H,46,47,48). The van der Waals surface area contributed by atoms with Crippen LogP contribution in [0.3, 0.4) is 0 Å². The van der Waals surface area contributed by atoms with E-state index in [0.29, 0.717) is 24.3 Å². The largest absolute Gasteiger partial charge is 0.507 e. The molecule has 0 aliphatic rings. The summed E-state index contributed by atoms with van der Waals surface area (Å²) in [6.07, 6.45) is 0. The van der Waals surface area contributed by atoms with Gasteiger partial charge in [0.2, 0.25) is 0 Å². The van der Waals surface area contributed by atoms with Crippen molar-refractivity contribution in [3.63, 3.8) is 0 Å². The predicted molar refractivity (Wildman–Crippen MR) is 199 cm³/mol. The van der Waals surface area contributed by atoms with Crippen molar-refractivity contribution in [3.8, 4) is 11.5 Å². The summed E-state index contributed by atoms with van der Waals surface area (Å²) < 4.78 is 210. The first-order valence-electron chi connectivity index (χ1n) is 15.2. The van der Waals surface area contributed by atoms with Crippen LogP contribution >= 0.6 is 0 Å². The highest BCUT2D eigenvalue weighted by atomic mass is 32.2. The van der Waals surface area contributed by atoms with Crippen LogP contribution in [0.25, 0.3) is 64.6 Å². The zero-order valence-corrected chi connectivity index (χ0v) is 32.3. The molecule has 57 heavy (non-hydrogen) atoms. The van der Waals surface area contributed by atoms with E-state index in [9.17, 15) is 78.4 Å². The van der Waals surface area contributed by atoms with Gasteiger partial charge in [-0.3, -0.25) is 22.8 Å². The van der Waals surface area contributed by atoms with Gasteiger partial charge in [-0.15, -0.1) is 0 Å². The molecule has 0 aromatic heterocycles. The van der Waals surface area contributed by atoms with E-state index in [1.807, 2.05) is 0 Å². The highest BCUT2D eigenvalue weighted by Gasteiger charge is 2.33. The molecule has 0 aliphatic heterocycles. The minimum atomic E-state index is -5.52. The molecule has 0 spiro atoms. The average molecular weight is 899 g/mol. The maximum atomic E-state index is 14.4. The van der Waals surface area contributed by atoms with E-state index >= 15 is 0 Å². The van der Waals surface area contributed by atoms with Crippen LogP contribution in [-0.4, -0.2) is 78.4 Å². The molecule has 19 nitrogen and oxygen atoms in total. The lowest BCUT2D eigenvalue weighted by Gasteiger charge is -2.20. The Morgan fingerprint density at radius 1 is 0.333 bits per heavy atom. The molecule has 0 atom stereocenters. The zero-order chi connectivity index (χ0) is 41.7. The molecule has 0 radical (unpaired) electrons. The topological polar surface area (TPSA) is 335 Å². The molecule has 0 saturated carbocycles. The third-order valence-electron chi connectivity index (χ3n) is 9.37. The molecule has 8 aromatic rings. The fourth-order valence-corrected chi connectivity index (χ4v) is 12.1. The minimum Gasteiger partial charge on any atom is -0.507 e. The van der Waals surface area contributed by atoms with Crippen molar-refractivity contribution < 1.29 is 82.6 Å². The van der Waals surface area contributed by atoms with Gasteiger partial charge in [0.1, 0.15) is 35.1 Å². The van der Waals surface area contributed by atoms with Crippen LogP contribution in [0, 0.1) is 0 Å². The van der Waals surface area contributed by atoms with E-state index in [2.05, 4.69) is 0 Å². The first kappa shape index (κ1) is 38.8. The van der Waals surface area contributed by atoms with Crippen LogP contribution in [0.1, 0.15) is 0 Å². The van der Waals surface area contributed by atoms with Gasteiger partial charge in [0.05, 0.1) is 0 Å². The zero-order valence-electron chi connectivity index (χ0n) is 27.4. The summed E-state index contributed by atoms with van der Waals surface area (Å²) in [5, 5.41) is 6.00. The normalized spacial score (nSPS) is 13.9. The van der Waals surface area contributed by atoms with E-state index in [4.69, 9.17) is 4.18 Å². The Morgan fingerprint density at radius 3 is 0.982 bits per heavy atom. The molecule has 0 aliphatic carbocycles. The Hall–Kier alpha value is -5.06. The van der Waals surface area contributed by atoms with Crippen LogP contribution in [0.5, 0.6) is 11.5 Å². The van der Waals surface area contributed by atoms with Crippen molar-refractivity contribution in [2.24, 2.45) is 0 Å². The molecule has 0 fully saturated rings. The molecule has 0 unspecified atom stereocenters. The molecule has 0 bridgehead atoms. The molecule has 25 heteroatoms. The second-order valence-corrected chi connectivity index (χ2v) is 21.0. The van der Waals surface area contributed by atoms with Gasteiger partial charge in [-0.25, -0.2) is 0 Å². The maximum absolute atomic E-state index is 14.4. The van der Waals surface area contributed by atoms with E-state index in [1.54, 1.807) is 0 Å². The van der Waals surface area contributed by atoms with Crippen LogP contribution in [0.4, 0.5) is 0 Å². The second-order valence-electron chi connectivity index (χ2n) is 12.6. The summed E-state index contributed by atoms with van der Waals surface area (Å²) in [5.41, 5.74) is 0. The van der Waals surface area contributed by atoms with Crippen molar-refractivity contribution in [2.75, 3.05) is 0 Å². The van der Waals surface area contributed by atoms with Crippen LogP contribution in [0.15, 0.2) is 102 Å². The number of hydrogen-bond acceptors (Lipinski definition) is 14. The molecule has 8 rings (SSSR count). The fraction of sp³-hybridized carbons (Fsp3) is 0. The lowest BCUT2D eigenvalue weighted by Crippen LogP contribution is -2.13. The molecule has 6 N–H and O–H groups in total. The number of aromatic hydroxyl groups is 1. The van der Waals surface area contributed by atoms with Crippen molar-refractivity contribution >= 4 is 125 Å². The molecule has 0 heterocycles. The number of rotatable bonds is 8. The quantitative estimate of drug-likeness (QED) is 0.0707. The second kappa shape index (κ2) is 11.8. The molecular weight excluding hydrogens is 881 g/mol. The third-order valence-corrected chi connectivity index (χ3v) is 15.1. The molecule has 0 amide bonds. The van der Waals surface area contributed by atoms with E-state index in [1.165, 1.54) is 0 Å². The van der Waals surface area contributed by atoms with E-state index in [-0.39, 0.29) is 21.5 Å². The van der Waals surface area contributed by atoms with Gasteiger partial charge in [0.25, 0.3) is 50.6 Å². The third kappa shape index (κ3) is 5.89. The first-order chi connectivity index (χ1) is 26.1. The van der Waals surface area contributed by atoms with Crippen LogP contribution in [-0.2, 0) is 60.7 Å². The SMILES string of the molecule is O=S(=O)(O)c1cc(O)c2ccc3c(S(=O)(=O)Oc4cc(S(=O)(=O)O)c5ccc6c(S(=O)(=O)O)cc(S(=O)(=O)O)c7ccc4c5c76)cc(S(=O)(=O)O)c4ccc1c2c43. The number of hydrogen-bond donors (Lipinski definition) is 6. The monoisotopic (exact) mass is 898 g/mol. The lowest BCUT2D eigenvalue weighted by atomic mass is 9.93. The van der Waals surface area contributed by atoms with Crippen LogP contribution in [0.2, 0.25) is 0 Å². The number of benzene rings is 8. The van der Waals surface area contributed by atoms with Gasteiger partial charge in [-0.2, -0.15) is 50.5 Å². The summed E-state index contributed by atoms with van der Waals surface area (Å²) in [6, 6.07) is 10.2. The van der Waals surface area contributed by atoms with Crippen molar-refractivity contribution in [2.45, 2.75) is 29.4 Å². The van der Waals surface area contributed by atoms with Crippen molar-refractivity contribution in [1.29, 1.82) is 0 Å².